The Morgan fingerprint density at radius 1 is 1.33 bits per heavy atom. The molecule has 2 aromatic heterocycles. The van der Waals surface area contributed by atoms with Crippen molar-refractivity contribution >= 4 is 17.2 Å². The number of aliphatic hydroxyl groups is 1. The lowest BCUT2D eigenvalue weighted by atomic mass is 9.89. The minimum atomic E-state index is -0.513. The number of likely N-dealkylation sites (tertiary alicyclic amines) is 1. The van der Waals surface area contributed by atoms with E-state index in [9.17, 15) is 9.90 Å². The summed E-state index contributed by atoms with van der Waals surface area (Å²) in [4.78, 5) is 19.6. The molecule has 6 heteroatoms. The van der Waals surface area contributed by atoms with Crippen LogP contribution in [0.4, 0.5) is 0 Å². The third kappa shape index (κ3) is 4.63. The number of carbonyl (C=O) groups excluding carboxylic acids is 1. The maximum absolute atomic E-state index is 12.0. The molecule has 1 fully saturated rings. The van der Waals surface area contributed by atoms with Gasteiger partial charge in [-0.1, -0.05) is 12.1 Å². The van der Waals surface area contributed by atoms with E-state index in [0.29, 0.717) is 13.1 Å². The molecule has 0 spiro atoms. The van der Waals surface area contributed by atoms with Crippen LogP contribution < -0.4 is 5.32 Å². The molecule has 0 aliphatic carbocycles. The Kier molecular flexibility index (Phi) is 5.96. The van der Waals surface area contributed by atoms with Crippen LogP contribution in [0.2, 0.25) is 0 Å². The molecule has 24 heavy (non-hydrogen) atoms. The molecule has 0 aromatic carbocycles. The first-order valence-electron chi connectivity index (χ1n) is 8.33. The van der Waals surface area contributed by atoms with Crippen molar-refractivity contribution in [2.75, 3.05) is 19.6 Å². The number of hydrogen-bond acceptors (Lipinski definition) is 5. The van der Waals surface area contributed by atoms with Crippen LogP contribution in [-0.2, 0) is 11.3 Å². The van der Waals surface area contributed by atoms with E-state index < -0.39 is 6.10 Å². The van der Waals surface area contributed by atoms with Gasteiger partial charge in [0.25, 0.3) is 0 Å². The topological polar surface area (TPSA) is 65.5 Å². The van der Waals surface area contributed by atoms with Gasteiger partial charge < -0.3 is 10.4 Å². The summed E-state index contributed by atoms with van der Waals surface area (Å²) in [6, 6.07) is 9.64. The zero-order chi connectivity index (χ0) is 16.8. The maximum atomic E-state index is 12.0. The van der Waals surface area contributed by atoms with E-state index in [1.54, 1.807) is 17.5 Å². The average molecular weight is 345 g/mol. The highest BCUT2D eigenvalue weighted by Crippen LogP contribution is 2.29. The number of amides is 1. The highest BCUT2D eigenvalue weighted by atomic mass is 32.1. The van der Waals surface area contributed by atoms with Crippen molar-refractivity contribution in [1.29, 1.82) is 0 Å². The van der Waals surface area contributed by atoms with E-state index in [0.717, 1.165) is 31.6 Å². The Labute approximate surface area is 146 Å². The van der Waals surface area contributed by atoms with Crippen molar-refractivity contribution in [2.24, 2.45) is 5.92 Å². The second kappa shape index (κ2) is 8.37. The van der Waals surface area contributed by atoms with Gasteiger partial charge in [-0.25, -0.2) is 0 Å². The second-order valence-corrected chi connectivity index (χ2v) is 7.20. The number of nitrogens with one attached hydrogen (secondary N) is 1. The van der Waals surface area contributed by atoms with Gasteiger partial charge in [-0.15, -0.1) is 11.3 Å². The molecule has 5 nitrogen and oxygen atoms in total. The van der Waals surface area contributed by atoms with Crippen LogP contribution in [0, 0.1) is 5.92 Å². The first-order chi connectivity index (χ1) is 11.7. The molecule has 2 aromatic rings. The van der Waals surface area contributed by atoms with Crippen molar-refractivity contribution < 1.29 is 9.90 Å². The summed E-state index contributed by atoms with van der Waals surface area (Å²) in [5, 5.41) is 15.4. The van der Waals surface area contributed by atoms with E-state index in [4.69, 9.17) is 0 Å². The number of nitrogens with zero attached hydrogens (tertiary/aromatic N) is 2. The minimum absolute atomic E-state index is 0.0622. The molecule has 2 N–H and O–H groups in total. The Bertz CT molecular complexity index is 625. The molecule has 1 atom stereocenters. The summed E-state index contributed by atoms with van der Waals surface area (Å²) in [5.41, 5.74) is 0.740. The number of aromatic nitrogens is 1. The molecule has 0 saturated carbocycles. The van der Waals surface area contributed by atoms with E-state index in [1.165, 1.54) is 4.88 Å². The molecule has 1 saturated heterocycles. The summed E-state index contributed by atoms with van der Waals surface area (Å²) in [6.07, 6.45) is 2.97. The van der Waals surface area contributed by atoms with Gasteiger partial charge in [0.1, 0.15) is 0 Å². The number of pyridine rings is 1. The fourth-order valence-corrected chi connectivity index (χ4v) is 3.72. The van der Waals surface area contributed by atoms with Gasteiger partial charge in [0.15, 0.2) is 0 Å². The summed E-state index contributed by atoms with van der Waals surface area (Å²) >= 11 is 1.65. The van der Waals surface area contributed by atoms with Crippen LogP contribution in [0.3, 0.4) is 0 Å². The van der Waals surface area contributed by atoms with Gasteiger partial charge >= 0.3 is 0 Å². The van der Waals surface area contributed by atoms with Gasteiger partial charge in [0.2, 0.25) is 5.91 Å². The smallest absolute Gasteiger partial charge is 0.234 e. The normalized spacial score (nSPS) is 17.5. The molecule has 128 valence electrons. The average Bonchev–Trinajstić information content (AvgIpc) is 3.14. The maximum Gasteiger partial charge on any atom is 0.234 e. The van der Waals surface area contributed by atoms with Crippen LogP contribution in [0.15, 0.2) is 41.9 Å². The van der Waals surface area contributed by atoms with Gasteiger partial charge in [-0.3, -0.25) is 14.7 Å². The van der Waals surface area contributed by atoms with Crippen molar-refractivity contribution in [3.05, 3.63) is 52.5 Å². The van der Waals surface area contributed by atoms with Crippen LogP contribution in [-0.4, -0.2) is 40.5 Å². The van der Waals surface area contributed by atoms with E-state index in [-0.39, 0.29) is 11.8 Å². The third-order valence-electron chi connectivity index (χ3n) is 4.48. The molecule has 3 rings (SSSR count). The zero-order valence-electron chi connectivity index (χ0n) is 13.6. The predicted octanol–water partition coefficient (Wildman–Crippen LogP) is 2.20. The number of carbonyl (C=O) groups is 1. The first-order valence-corrected chi connectivity index (χ1v) is 9.21. The van der Waals surface area contributed by atoms with Gasteiger partial charge in [-0.05, 0) is 55.4 Å². The molecule has 1 unspecified atom stereocenters. The molecular weight excluding hydrogens is 322 g/mol. The lowest BCUT2D eigenvalue weighted by Gasteiger charge is -2.33. The Morgan fingerprint density at radius 2 is 2.17 bits per heavy atom. The predicted molar refractivity (Wildman–Crippen MR) is 94.5 cm³/mol. The fourth-order valence-electron chi connectivity index (χ4n) is 3.08. The number of aliphatic hydroxyl groups excluding tert-OH is 1. The van der Waals surface area contributed by atoms with Crippen molar-refractivity contribution in [3.8, 4) is 0 Å². The molecular formula is C18H23N3O2S. The van der Waals surface area contributed by atoms with Crippen LogP contribution in [0.25, 0.3) is 0 Å². The highest BCUT2D eigenvalue weighted by molar-refractivity contribution is 7.09. The van der Waals surface area contributed by atoms with Crippen molar-refractivity contribution in [1.82, 2.24) is 15.2 Å². The highest BCUT2D eigenvalue weighted by Gasteiger charge is 2.27. The van der Waals surface area contributed by atoms with Crippen LogP contribution in [0.1, 0.15) is 29.5 Å². The summed E-state index contributed by atoms with van der Waals surface area (Å²) in [7, 11) is 0. The molecule has 1 aliphatic rings. The minimum Gasteiger partial charge on any atom is -0.387 e. The Morgan fingerprint density at radius 3 is 2.83 bits per heavy atom. The summed E-state index contributed by atoms with van der Waals surface area (Å²) in [5.74, 6) is 0.275. The SMILES string of the molecule is O=C(CN1CCC(C(O)c2ccccn2)CC1)NCc1cccs1. The molecule has 1 aliphatic heterocycles. The summed E-state index contributed by atoms with van der Waals surface area (Å²) < 4.78 is 0. The number of hydrogen-bond donors (Lipinski definition) is 2. The van der Waals surface area contributed by atoms with E-state index >= 15 is 0 Å². The Balaban J connectivity index is 1.41. The number of rotatable bonds is 6. The van der Waals surface area contributed by atoms with Crippen LogP contribution >= 0.6 is 11.3 Å². The number of thiophene rings is 1. The standard InChI is InChI=1S/C18H23N3O2S/c22-17(20-12-15-4-3-11-24-15)13-21-9-6-14(7-10-21)18(23)16-5-1-2-8-19-16/h1-5,8,11,14,18,23H,6-7,9-10,12-13H2,(H,20,22). The van der Waals surface area contributed by atoms with Crippen molar-refractivity contribution in [3.63, 3.8) is 0 Å². The second-order valence-electron chi connectivity index (χ2n) is 6.17. The lowest BCUT2D eigenvalue weighted by Crippen LogP contribution is -2.42. The largest absolute Gasteiger partial charge is 0.387 e. The van der Waals surface area contributed by atoms with Gasteiger partial charge in [0, 0.05) is 11.1 Å². The van der Waals surface area contributed by atoms with Crippen molar-refractivity contribution in [2.45, 2.75) is 25.5 Å². The molecule has 3 heterocycles. The van der Waals surface area contributed by atoms with Gasteiger partial charge in [0.05, 0.1) is 24.9 Å². The van der Waals surface area contributed by atoms with E-state index in [1.807, 2.05) is 35.7 Å². The molecule has 0 radical (unpaired) electrons. The lowest BCUT2D eigenvalue weighted by molar-refractivity contribution is -0.122. The molecule has 1 amide bonds. The summed E-state index contributed by atoms with van der Waals surface area (Å²) in [6.45, 7) is 2.70. The zero-order valence-corrected chi connectivity index (χ0v) is 14.4. The fraction of sp³-hybridized carbons (Fsp3) is 0.444. The monoisotopic (exact) mass is 345 g/mol. The number of piperidine rings is 1. The van der Waals surface area contributed by atoms with Crippen LogP contribution in [0.5, 0.6) is 0 Å². The van der Waals surface area contributed by atoms with E-state index in [2.05, 4.69) is 15.2 Å². The molecule has 0 bridgehead atoms. The third-order valence-corrected chi connectivity index (χ3v) is 5.35. The first kappa shape index (κ1) is 17.1. The Hall–Kier alpha value is -1.76. The quantitative estimate of drug-likeness (QED) is 0.842. The van der Waals surface area contributed by atoms with Gasteiger partial charge in [-0.2, -0.15) is 0 Å².